The molecule has 2 saturated carbocycles. The standard InChI is InChI=1S/C20H28F2N4O2S/c1-10-6-13(10)26-16(27)15-11(2)14(8-23-24-19(3,4)5)29-17(15)25(18(26)28)9-12-7-20(12,21)22/h10,12-13,23-24H,6-9H2,1-5H3/t10-,12?,13-/m0/s1. The molecule has 2 N–H and O–H groups in total. The second-order valence-corrected chi connectivity index (χ2v) is 10.7. The van der Waals surface area contributed by atoms with E-state index >= 15 is 0 Å². The van der Waals surface area contributed by atoms with Gasteiger partial charge in [0.15, 0.2) is 0 Å². The van der Waals surface area contributed by atoms with Crippen molar-refractivity contribution in [3.05, 3.63) is 31.3 Å². The third-order valence-corrected chi connectivity index (χ3v) is 7.13. The van der Waals surface area contributed by atoms with Crippen molar-refractivity contribution in [3.63, 3.8) is 0 Å². The number of thiophene rings is 1. The first-order chi connectivity index (χ1) is 13.4. The van der Waals surface area contributed by atoms with E-state index in [-0.39, 0.29) is 36.0 Å². The number of halogens is 2. The van der Waals surface area contributed by atoms with E-state index in [1.165, 1.54) is 20.5 Å². The second-order valence-electron chi connectivity index (χ2n) is 9.57. The highest BCUT2D eigenvalue weighted by atomic mass is 32.1. The van der Waals surface area contributed by atoms with Crippen molar-refractivity contribution in [2.45, 2.75) is 78.1 Å². The van der Waals surface area contributed by atoms with Crippen molar-refractivity contribution in [2.24, 2.45) is 11.8 Å². The first-order valence-corrected chi connectivity index (χ1v) is 10.9. The first-order valence-electron chi connectivity index (χ1n) is 10.1. The fraction of sp³-hybridized carbons (Fsp3) is 0.700. The molecule has 2 aliphatic carbocycles. The van der Waals surface area contributed by atoms with Gasteiger partial charge >= 0.3 is 5.69 Å². The van der Waals surface area contributed by atoms with Crippen LogP contribution in [0.1, 0.15) is 57.0 Å². The monoisotopic (exact) mass is 426 g/mol. The van der Waals surface area contributed by atoms with Gasteiger partial charge in [-0.1, -0.05) is 6.92 Å². The summed E-state index contributed by atoms with van der Waals surface area (Å²) < 4.78 is 29.9. The molecule has 2 heterocycles. The van der Waals surface area contributed by atoms with E-state index in [1.807, 2.05) is 34.6 Å². The molecule has 2 aliphatic rings. The topological polar surface area (TPSA) is 68.1 Å². The molecule has 0 saturated heterocycles. The smallest absolute Gasteiger partial charge is 0.284 e. The number of hydrogen-bond acceptors (Lipinski definition) is 5. The molecule has 160 valence electrons. The predicted octanol–water partition coefficient (Wildman–Crippen LogP) is 3.16. The minimum atomic E-state index is -2.72. The number of rotatable bonds is 6. The van der Waals surface area contributed by atoms with Crippen LogP contribution < -0.4 is 22.1 Å². The maximum Gasteiger partial charge on any atom is 0.332 e. The Bertz CT molecular complexity index is 1080. The number of hydrazine groups is 1. The van der Waals surface area contributed by atoms with Gasteiger partial charge in [-0.3, -0.25) is 24.8 Å². The van der Waals surface area contributed by atoms with Crippen molar-refractivity contribution in [1.29, 1.82) is 0 Å². The maximum absolute atomic E-state index is 13.6. The lowest BCUT2D eigenvalue weighted by atomic mass is 10.1. The summed E-state index contributed by atoms with van der Waals surface area (Å²) in [5.41, 5.74) is 6.30. The zero-order chi connectivity index (χ0) is 21.3. The van der Waals surface area contributed by atoms with E-state index in [1.54, 1.807) is 0 Å². The van der Waals surface area contributed by atoms with Gasteiger partial charge in [-0.2, -0.15) is 0 Å². The Hall–Kier alpha value is -1.58. The molecule has 2 aromatic heterocycles. The maximum atomic E-state index is 13.6. The Morgan fingerprint density at radius 2 is 1.90 bits per heavy atom. The third-order valence-electron chi connectivity index (χ3n) is 5.81. The lowest BCUT2D eigenvalue weighted by Gasteiger charge is -2.20. The molecule has 0 amide bonds. The molecule has 9 heteroatoms. The van der Waals surface area contributed by atoms with E-state index in [0.717, 1.165) is 16.9 Å². The lowest BCUT2D eigenvalue weighted by molar-refractivity contribution is 0.0950. The molecular formula is C20H28F2N4O2S. The Balaban J connectivity index is 1.80. The van der Waals surface area contributed by atoms with Gasteiger partial charge in [0, 0.05) is 41.9 Å². The fourth-order valence-electron chi connectivity index (χ4n) is 3.77. The minimum Gasteiger partial charge on any atom is -0.284 e. The largest absolute Gasteiger partial charge is 0.332 e. The van der Waals surface area contributed by atoms with Crippen LogP contribution in [0.5, 0.6) is 0 Å². The zero-order valence-electron chi connectivity index (χ0n) is 17.4. The summed E-state index contributed by atoms with van der Waals surface area (Å²) in [4.78, 5) is 27.8. The van der Waals surface area contributed by atoms with Crippen molar-refractivity contribution in [2.75, 3.05) is 0 Å². The molecule has 0 aliphatic heterocycles. The molecule has 6 nitrogen and oxygen atoms in total. The minimum absolute atomic E-state index is 0.0449. The number of hydrogen-bond donors (Lipinski definition) is 2. The van der Waals surface area contributed by atoms with Crippen LogP contribution in [0.2, 0.25) is 0 Å². The Kier molecular flexibility index (Phi) is 4.79. The van der Waals surface area contributed by atoms with E-state index in [9.17, 15) is 18.4 Å². The average molecular weight is 427 g/mol. The first kappa shape index (κ1) is 20.7. The van der Waals surface area contributed by atoms with Crippen LogP contribution in [-0.2, 0) is 13.1 Å². The van der Waals surface area contributed by atoms with E-state index in [4.69, 9.17) is 0 Å². The molecule has 0 aromatic carbocycles. The molecule has 3 atom stereocenters. The lowest BCUT2D eigenvalue weighted by Crippen LogP contribution is -2.45. The van der Waals surface area contributed by atoms with Gasteiger partial charge in [0.2, 0.25) is 0 Å². The van der Waals surface area contributed by atoms with Crippen LogP contribution in [0.3, 0.4) is 0 Å². The molecule has 2 fully saturated rings. The highest BCUT2D eigenvalue weighted by Crippen LogP contribution is 2.50. The van der Waals surface area contributed by atoms with Crippen LogP contribution >= 0.6 is 11.3 Å². The zero-order valence-corrected chi connectivity index (χ0v) is 18.3. The molecule has 0 spiro atoms. The van der Waals surface area contributed by atoms with Gasteiger partial charge in [0.1, 0.15) is 4.83 Å². The van der Waals surface area contributed by atoms with Gasteiger partial charge in [-0.15, -0.1) is 11.3 Å². The fourth-order valence-corrected chi connectivity index (χ4v) is 5.01. The summed E-state index contributed by atoms with van der Waals surface area (Å²) in [5, 5.41) is 0.491. The second kappa shape index (κ2) is 6.72. The molecule has 29 heavy (non-hydrogen) atoms. The van der Waals surface area contributed by atoms with E-state index < -0.39 is 17.5 Å². The molecule has 0 radical (unpaired) electrons. The number of nitrogens with zero attached hydrogens (tertiary/aromatic N) is 2. The van der Waals surface area contributed by atoms with Gasteiger partial charge in [0.05, 0.1) is 5.39 Å². The van der Waals surface area contributed by atoms with Crippen LogP contribution in [0, 0.1) is 18.8 Å². The summed E-state index contributed by atoms with van der Waals surface area (Å²) >= 11 is 1.34. The summed E-state index contributed by atoms with van der Waals surface area (Å²) in [6.45, 7) is 10.4. The van der Waals surface area contributed by atoms with E-state index in [0.29, 0.717) is 16.8 Å². The Labute approximate surface area is 171 Å². The number of fused-ring (bicyclic) bond motifs is 1. The van der Waals surface area contributed by atoms with Crippen LogP contribution in [0.15, 0.2) is 9.59 Å². The van der Waals surface area contributed by atoms with Crippen molar-refractivity contribution >= 4 is 21.6 Å². The van der Waals surface area contributed by atoms with Crippen molar-refractivity contribution < 1.29 is 8.78 Å². The summed E-state index contributed by atoms with van der Waals surface area (Å²) in [5.74, 6) is -3.30. The number of aryl methyl sites for hydroxylation is 1. The molecular weight excluding hydrogens is 398 g/mol. The Morgan fingerprint density at radius 3 is 2.41 bits per heavy atom. The molecule has 0 bridgehead atoms. The van der Waals surface area contributed by atoms with Gasteiger partial charge < -0.3 is 0 Å². The highest BCUT2D eigenvalue weighted by molar-refractivity contribution is 7.18. The molecule has 2 aromatic rings. The molecule has 1 unspecified atom stereocenters. The highest BCUT2D eigenvalue weighted by Gasteiger charge is 2.57. The number of nitrogens with one attached hydrogen (secondary N) is 2. The SMILES string of the molecule is Cc1c(CNNC(C)(C)C)sc2c1c(=O)n([C@H]1C[C@@H]1C)c(=O)n2CC1CC1(F)F. The van der Waals surface area contributed by atoms with Gasteiger partial charge in [0.25, 0.3) is 11.5 Å². The van der Waals surface area contributed by atoms with Crippen LogP contribution in [0.25, 0.3) is 10.2 Å². The average Bonchev–Trinajstić information content (AvgIpc) is 3.41. The van der Waals surface area contributed by atoms with Crippen LogP contribution in [0.4, 0.5) is 8.78 Å². The number of aromatic nitrogens is 2. The van der Waals surface area contributed by atoms with Gasteiger partial charge in [-0.05, 0) is 45.6 Å². The Morgan fingerprint density at radius 1 is 1.28 bits per heavy atom. The quantitative estimate of drug-likeness (QED) is 0.697. The third kappa shape index (κ3) is 3.80. The summed E-state index contributed by atoms with van der Waals surface area (Å²) in [7, 11) is 0. The summed E-state index contributed by atoms with van der Waals surface area (Å²) in [6, 6.07) is -0.131. The normalized spacial score (nSPS) is 25.6. The van der Waals surface area contributed by atoms with Crippen LogP contribution in [-0.4, -0.2) is 20.6 Å². The summed E-state index contributed by atoms with van der Waals surface area (Å²) in [6.07, 6.45) is 0.571. The van der Waals surface area contributed by atoms with Gasteiger partial charge in [-0.25, -0.2) is 13.6 Å². The molecule has 4 rings (SSSR count). The number of alkyl halides is 2. The predicted molar refractivity (Wildman–Crippen MR) is 111 cm³/mol. The van der Waals surface area contributed by atoms with Crippen molar-refractivity contribution in [3.8, 4) is 0 Å². The van der Waals surface area contributed by atoms with E-state index in [2.05, 4.69) is 10.9 Å². The van der Waals surface area contributed by atoms with Crippen molar-refractivity contribution in [1.82, 2.24) is 20.0 Å².